The van der Waals surface area contributed by atoms with E-state index in [4.69, 9.17) is 0 Å². The average Bonchev–Trinajstić information content (AvgIpc) is 2.99. The van der Waals surface area contributed by atoms with Crippen LogP contribution in [0.15, 0.2) is 40.7 Å². The van der Waals surface area contributed by atoms with Crippen LogP contribution in [-0.4, -0.2) is 29.1 Å². The number of carbonyl (C=O) groups is 2. The van der Waals surface area contributed by atoms with Gasteiger partial charge in [0.05, 0.1) is 11.4 Å². The van der Waals surface area contributed by atoms with Crippen LogP contribution < -0.4 is 10.2 Å². The fourth-order valence-electron chi connectivity index (χ4n) is 2.08. The van der Waals surface area contributed by atoms with E-state index < -0.39 is 0 Å². The zero-order valence-electron chi connectivity index (χ0n) is 11.1. The monoisotopic (exact) mass is 319 g/mol. The molecule has 108 valence electrons. The molecule has 0 atom stereocenters. The molecule has 1 aromatic heterocycles. The molecule has 3 rings (SSSR count). The second-order valence-corrected chi connectivity index (χ2v) is 6.35. The summed E-state index contributed by atoms with van der Waals surface area (Å²) in [4.78, 5) is 30.7. The van der Waals surface area contributed by atoms with Gasteiger partial charge in [0.15, 0.2) is 5.13 Å². The number of benzene rings is 1. The highest BCUT2D eigenvalue weighted by Crippen LogP contribution is 2.34. The summed E-state index contributed by atoms with van der Waals surface area (Å²) in [6.07, 6.45) is 1.90. The van der Waals surface area contributed by atoms with Gasteiger partial charge in [-0.3, -0.25) is 9.59 Å². The van der Waals surface area contributed by atoms with Crippen LogP contribution in [0.3, 0.4) is 0 Å². The van der Waals surface area contributed by atoms with E-state index in [-0.39, 0.29) is 18.2 Å². The van der Waals surface area contributed by atoms with Crippen LogP contribution in [0.25, 0.3) is 0 Å². The van der Waals surface area contributed by atoms with E-state index in [0.29, 0.717) is 17.4 Å². The highest BCUT2D eigenvalue weighted by Gasteiger charge is 2.24. The van der Waals surface area contributed by atoms with Gasteiger partial charge in [0.1, 0.15) is 0 Å². The Kier molecular flexibility index (Phi) is 4.21. The number of thioether (sulfide) groups is 1. The third kappa shape index (κ3) is 3.25. The molecule has 0 aliphatic carbocycles. The molecule has 5 nitrogen and oxygen atoms in total. The molecule has 0 spiro atoms. The predicted molar refractivity (Wildman–Crippen MR) is 84.9 cm³/mol. The Morgan fingerprint density at radius 1 is 1.38 bits per heavy atom. The van der Waals surface area contributed by atoms with Gasteiger partial charge < -0.3 is 10.2 Å². The number of hydrogen-bond donors (Lipinski definition) is 1. The second kappa shape index (κ2) is 6.28. The molecule has 7 heteroatoms. The van der Waals surface area contributed by atoms with Crippen molar-refractivity contribution in [3.8, 4) is 0 Å². The van der Waals surface area contributed by atoms with Crippen molar-refractivity contribution in [2.75, 3.05) is 22.5 Å². The van der Waals surface area contributed by atoms with Gasteiger partial charge in [-0.2, -0.15) is 0 Å². The van der Waals surface area contributed by atoms with Gasteiger partial charge in [-0.1, -0.05) is 12.1 Å². The summed E-state index contributed by atoms with van der Waals surface area (Å²) in [5.74, 6) is 0.333. The van der Waals surface area contributed by atoms with Crippen molar-refractivity contribution in [1.29, 1.82) is 0 Å². The molecule has 2 amide bonds. The Hall–Kier alpha value is -1.86. The summed E-state index contributed by atoms with van der Waals surface area (Å²) >= 11 is 2.91. The summed E-state index contributed by atoms with van der Waals surface area (Å²) in [5.41, 5.74) is 0.890. The normalized spacial score (nSPS) is 13.9. The van der Waals surface area contributed by atoms with Crippen molar-refractivity contribution in [2.45, 2.75) is 11.3 Å². The van der Waals surface area contributed by atoms with Gasteiger partial charge in [0, 0.05) is 29.4 Å². The number of nitrogens with zero attached hydrogens (tertiary/aromatic N) is 2. The predicted octanol–water partition coefficient (Wildman–Crippen LogP) is 2.61. The van der Waals surface area contributed by atoms with E-state index in [9.17, 15) is 9.59 Å². The van der Waals surface area contributed by atoms with Crippen LogP contribution in [-0.2, 0) is 9.59 Å². The van der Waals surface area contributed by atoms with Gasteiger partial charge in [0.2, 0.25) is 11.8 Å². The zero-order valence-corrected chi connectivity index (χ0v) is 12.7. The molecule has 21 heavy (non-hydrogen) atoms. The largest absolute Gasteiger partial charge is 0.310 e. The Morgan fingerprint density at radius 2 is 2.24 bits per heavy atom. The van der Waals surface area contributed by atoms with Crippen molar-refractivity contribution in [2.24, 2.45) is 0 Å². The first-order valence-electron chi connectivity index (χ1n) is 6.45. The summed E-state index contributed by atoms with van der Waals surface area (Å²) in [5, 5.41) is 5.11. The lowest BCUT2D eigenvalue weighted by Gasteiger charge is -2.28. The van der Waals surface area contributed by atoms with Crippen LogP contribution in [0, 0.1) is 0 Å². The topological polar surface area (TPSA) is 62.3 Å². The number of amides is 2. The third-order valence-electron chi connectivity index (χ3n) is 3.05. The first kappa shape index (κ1) is 14.1. The van der Waals surface area contributed by atoms with Crippen molar-refractivity contribution in [1.82, 2.24) is 4.98 Å². The van der Waals surface area contributed by atoms with E-state index in [2.05, 4.69) is 10.3 Å². The summed E-state index contributed by atoms with van der Waals surface area (Å²) in [7, 11) is 0. The number of carbonyl (C=O) groups excluding carboxylic acids is 2. The SMILES string of the molecule is O=C(CCN1C(=O)CSc2ccccc21)Nc1nccs1. The molecule has 1 aliphatic heterocycles. The lowest BCUT2D eigenvalue weighted by atomic mass is 10.2. The lowest BCUT2D eigenvalue weighted by molar-refractivity contribution is -0.117. The molecular formula is C14H13N3O2S2. The maximum absolute atomic E-state index is 12.0. The fraction of sp³-hybridized carbons (Fsp3) is 0.214. The molecular weight excluding hydrogens is 306 g/mol. The average molecular weight is 319 g/mol. The van der Waals surface area contributed by atoms with E-state index in [1.54, 1.807) is 16.5 Å². The molecule has 0 bridgehead atoms. The Labute approximate surface area is 130 Å². The number of hydrogen-bond acceptors (Lipinski definition) is 5. The number of fused-ring (bicyclic) bond motifs is 1. The van der Waals surface area contributed by atoms with Gasteiger partial charge >= 0.3 is 0 Å². The Bertz CT molecular complexity index is 658. The fourth-order valence-corrected chi connectivity index (χ4v) is 3.56. The van der Waals surface area contributed by atoms with Gasteiger partial charge in [-0.15, -0.1) is 23.1 Å². The molecule has 1 N–H and O–H groups in total. The molecule has 2 aromatic rings. The van der Waals surface area contributed by atoms with Crippen molar-refractivity contribution in [3.05, 3.63) is 35.8 Å². The molecule has 1 aliphatic rings. The van der Waals surface area contributed by atoms with E-state index in [1.165, 1.54) is 23.1 Å². The van der Waals surface area contributed by atoms with Gasteiger partial charge in [0.25, 0.3) is 0 Å². The van der Waals surface area contributed by atoms with Gasteiger partial charge in [-0.25, -0.2) is 4.98 Å². The molecule has 0 saturated heterocycles. The molecule has 1 aromatic carbocycles. The van der Waals surface area contributed by atoms with Crippen LogP contribution in [0.2, 0.25) is 0 Å². The Balaban J connectivity index is 1.64. The summed E-state index contributed by atoms with van der Waals surface area (Å²) < 4.78 is 0. The maximum atomic E-state index is 12.0. The molecule has 0 saturated carbocycles. The van der Waals surface area contributed by atoms with Gasteiger partial charge in [-0.05, 0) is 12.1 Å². The molecule has 2 heterocycles. The number of thiazole rings is 1. The Morgan fingerprint density at radius 3 is 3.05 bits per heavy atom. The number of aromatic nitrogens is 1. The smallest absolute Gasteiger partial charge is 0.237 e. The van der Waals surface area contributed by atoms with Crippen LogP contribution in [0.5, 0.6) is 0 Å². The first-order chi connectivity index (χ1) is 10.2. The summed E-state index contributed by atoms with van der Waals surface area (Å²) in [6, 6.07) is 7.77. The first-order valence-corrected chi connectivity index (χ1v) is 8.32. The lowest BCUT2D eigenvalue weighted by Crippen LogP contribution is -2.37. The highest BCUT2D eigenvalue weighted by molar-refractivity contribution is 8.00. The quantitative estimate of drug-likeness (QED) is 0.941. The number of nitrogens with one attached hydrogen (secondary N) is 1. The number of anilines is 2. The van der Waals surface area contributed by atoms with Crippen molar-refractivity contribution in [3.63, 3.8) is 0 Å². The minimum Gasteiger partial charge on any atom is -0.310 e. The molecule has 0 unspecified atom stereocenters. The standard InChI is InChI=1S/C14H13N3O2S2/c18-12(16-14-15-6-8-20-14)5-7-17-10-3-1-2-4-11(10)21-9-13(17)19/h1-4,6,8H,5,7,9H2,(H,15,16,18). The highest BCUT2D eigenvalue weighted by atomic mass is 32.2. The maximum Gasteiger partial charge on any atom is 0.237 e. The third-order valence-corrected chi connectivity index (χ3v) is 4.79. The molecule has 0 fully saturated rings. The van der Waals surface area contributed by atoms with Crippen LogP contribution >= 0.6 is 23.1 Å². The second-order valence-electron chi connectivity index (χ2n) is 4.44. The number of rotatable bonds is 4. The zero-order chi connectivity index (χ0) is 14.7. The van der Waals surface area contributed by atoms with Crippen LogP contribution in [0.4, 0.5) is 10.8 Å². The summed E-state index contributed by atoms with van der Waals surface area (Å²) in [6.45, 7) is 0.383. The number of para-hydroxylation sites is 1. The van der Waals surface area contributed by atoms with Crippen molar-refractivity contribution >= 4 is 45.7 Å². The van der Waals surface area contributed by atoms with E-state index >= 15 is 0 Å². The van der Waals surface area contributed by atoms with E-state index in [1.807, 2.05) is 24.3 Å². The minimum absolute atomic E-state index is 0.0424. The van der Waals surface area contributed by atoms with Crippen molar-refractivity contribution < 1.29 is 9.59 Å². The minimum atomic E-state index is -0.131. The van der Waals surface area contributed by atoms with E-state index in [0.717, 1.165) is 10.6 Å². The molecule has 0 radical (unpaired) electrons. The van der Waals surface area contributed by atoms with Crippen LogP contribution in [0.1, 0.15) is 6.42 Å².